The van der Waals surface area contributed by atoms with Crippen LogP contribution in [0, 0.1) is 0 Å². The molecular formula is C73H124O6. The van der Waals surface area contributed by atoms with Gasteiger partial charge in [-0.2, -0.15) is 0 Å². The van der Waals surface area contributed by atoms with Gasteiger partial charge >= 0.3 is 17.9 Å². The summed E-state index contributed by atoms with van der Waals surface area (Å²) in [6, 6.07) is 0. The first-order valence-electron chi connectivity index (χ1n) is 33.4. The molecule has 0 aromatic carbocycles. The summed E-state index contributed by atoms with van der Waals surface area (Å²) < 4.78 is 16.8. The van der Waals surface area contributed by atoms with Gasteiger partial charge in [-0.3, -0.25) is 14.4 Å². The van der Waals surface area contributed by atoms with Crippen molar-refractivity contribution >= 4 is 17.9 Å². The predicted octanol–water partition coefficient (Wildman–Crippen LogP) is 23.0. The number of rotatable bonds is 60. The van der Waals surface area contributed by atoms with Gasteiger partial charge in [-0.25, -0.2) is 0 Å². The summed E-state index contributed by atoms with van der Waals surface area (Å²) in [5, 5.41) is 0. The molecule has 6 nitrogen and oxygen atoms in total. The van der Waals surface area contributed by atoms with E-state index in [-0.39, 0.29) is 31.1 Å². The molecule has 0 aliphatic carbocycles. The number of ether oxygens (including phenoxy) is 3. The zero-order valence-electron chi connectivity index (χ0n) is 51.9. The van der Waals surface area contributed by atoms with Crippen molar-refractivity contribution in [2.75, 3.05) is 13.2 Å². The number of hydrogen-bond donors (Lipinski definition) is 0. The first-order valence-corrected chi connectivity index (χ1v) is 33.4. The highest BCUT2D eigenvalue weighted by molar-refractivity contribution is 5.71. The first-order chi connectivity index (χ1) is 39.0. The fourth-order valence-corrected chi connectivity index (χ4v) is 9.28. The van der Waals surface area contributed by atoms with Gasteiger partial charge in [0.2, 0.25) is 0 Å². The van der Waals surface area contributed by atoms with Gasteiger partial charge in [0.25, 0.3) is 0 Å². The molecule has 0 N–H and O–H groups in total. The van der Waals surface area contributed by atoms with Crippen molar-refractivity contribution in [2.45, 2.75) is 322 Å². The van der Waals surface area contributed by atoms with E-state index in [0.717, 1.165) is 128 Å². The number of carbonyl (C=O) groups excluding carboxylic acids is 3. The predicted molar refractivity (Wildman–Crippen MR) is 343 cm³/mol. The average Bonchev–Trinajstić information content (AvgIpc) is 3.45. The molecule has 0 aromatic rings. The van der Waals surface area contributed by atoms with Crippen LogP contribution in [0.25, 0.3) is 0 Å². The van der Waals surface area contributed by atoms with Crippen LogP contribution in [-0.2, 0) is 28.6 Å². The van der Waals surface area contributed by atoms with Gasteiger partial charge in [0.15, 0.2) is 6.10 Å². The van der Waals surface area contributed by atoms with Gasteiger partial charge in [0, 0.05) is 19.3 Å². The molecule has 452 valence electrons. The Morgan fingerprint density at radius 2 is 0.494 bits per heavy atom. The van der Waals surface area contributed by atoms with Crippen LogP contribution in [0.2, 0.25) is 0 Å². The second-order valence-electron chi connectivity index (χ2n) is 22.0. The lowest BCUT2D eigenvalue weighted by Crippen LogP contribution is -2.30. The summed E-state index contributed by atoms with van der Waals surface area (Å²) >= 11 is 0. The summed E-state index contributed by atoms with van der Waals surface area (Å²) in [5.74, 6) is -0.904. The Morgan fingerprint density at radius 3 is 0.785 bits per heavy atom. The van der Waals surface area contributed by atoms with Crippen molar-refractivity contribution < 1.29 is 28.6 Å². The smallest absolute Gasteiger partial charge is 0.306 e. The molecule has 0 rings (SSSR count). The quantitative estimate of drug-likeness (QED) is 0.0261. The van der Waals surface area contributed by atoms with E-state index in [9.17, 15) is 14.4 Å². The maximum atomic E-state index is 12.8. The van der Waals surface area contributed by atoms with Crippen LogP contribution >= 0.6 is 0 Å². The fourth-order valence-electron chi connectivity index (χ4n) is 9.28. The van der Waals surface area contributed by atoms with Gasteiger partial charge in [-0.1, -0.05) is 297 Å². The summed E-state index contributed by atoms with van der Waals surface area (Å²) in [6.45, 7) is 6.45. The van der Waals surface area contributed by atoms with E-state index in [0.29, 0.717) is 19.3 Å². The van der Waals surface area contributed by atoms with Crippen molar-refractivity contribution in [1.29, 1.82) is 0 Å². The summed E-state index contributed by atoms with van der Waals surface area (Å²) in [7, 11) is 0. The molecule has 0 aliphatic rings. The molecule has 0 heterocycles. The molecular weight excluding hydrogens is 973 g/mol. The molecule has 0 bridgehead atoms. The minimum absolute atomic E-state index is 0.0825. The number of esters is 3. The third kappa shape index (κ3) is 64.8. The molecule has 0 spiro atoms. The molecule has 0 amide bonds. The topological polar surface area (TPSA) is 78.9 Å². The maximum Gasteiger partial charge on any atom is 0.306 e. The van der Waals surface area contributed by atoms with Crippen molar-refractivity contribution in [3.8, 4) is 0 Å². The number of unbranched alkanes of at least 4 members (excludes halogenated alkanes) is 31. The molecule has 0 radical (unpaired) electrons. The average molecular weight is 1100 g/mol. The number of carbonyl (C=O) groups is 3. The minimum atomic E-state index is -0.782. The molecule has 0 fully saturated rings. The molecule has 1 atom stereocenters. The molecule has 0 saturated heterocycles. The van der Waals surface area contributed by atoms with E-state index in [2.05, 4.69) is 130 Å². The highest BCUT2D eigenvalue weighted by atomic mass is 16.6. The van der Waals surface area contributed by atoms with Crippen LogP contribution in [-0.4, -0.2) is 37.2 Å². The molecule has 0 aromatic heterocycles. The lowest BCUT2D eigenvalue weighted by Gasteiger charge is -2.18. The second kappa shape index (κ2) is 66.6. The van der Waals surface area contributed by atoms with E-state index >= 15 is 0 Å². The van der Waals surface area contributed by atoms with Crippen molar-refractivity contribution in [1.82, 2.24) is 0 Å². The largest absolute Gasteiger partial charge is 0.462 e. The minimum Gasteiger partial charge on any atom is -0.462 e. The molecule has 0 saturated carbocycles. The van der Waals surface area contributed by atoms with E-state index in [1.54, 1.807) is 0 Å². The zero-order chi connectivity index (χ0) is 57.1. The Balaban J connectivity index is 4.08. The summed E-state index contributed by atoms with van der Waals surface area (Å²) in [5.41, 5.74) is 0. The highest BCUT2D eigenvalue weighted by Crippen LogP contribution is 2.16. The standard InChI is InChI=1S/C73H124O6/c1-4-7-10-13-15-17-19-21-23-25-27-29-31-33-34-35-36-37-38-40-41-43-45-47-49-51-53-55-57-60-63-66-72(75)78-69-70(68-77-71(74)65-62-59-12-9-6-3)79-73(76)67-64-61-58-56-54-52-50-48-46-44-42-39-32-30-28-26-24-22-20-18-16-14-11-8-5-2/h7,10,15,17,21,23,26-29,33-34,36-37,40-41,45,47,70H,4-6,8-9,11-14,16,18-20,22,24-25,30-32,35,38-39,42-44,46,48-69H2,1-3H3/b10-7-,17-15-,23-21-,28-26-,29-27-,34-33-,37-36-,41-40-,47-45-. The van der Waals surface area contributed by atoms with Crippen LogP contribution in [0.1, 0.15) is 316 Å². The van der Waals surface area contributed by atoms with Gasteiger partial charge in [-0.05, 0) is 109 Å². The van der Waals surface area contributed by atoms with Gasteiger partial charge in [0.1, 0.15) is 13.2 Å². The van der Waals surface area contributed by atoms with Crippen molar-refractivity contribution in [2.24, 2.45) is 0 Å². The fraction of sp³-hybridized carbons (Fsp3) is 0.712. The molecule has 0 aliphatic heterocycles. The molecule has 6 heteroatoms. The van der Waals surface area contributed by atoms with E-state index in [4.69, 9.17) is 14.2 Å². The summed E-state index contributed by atoms with van der Waals surface area (Å²) in [4.78, 5) is 38.0. The Kier molecular flexibility index (Phi) is 63.3. The van der Waals surface area contributed by atoms with E-state index < -0.39 is 6.10 Å². The van der Waals surface area contributed by atoms with Crippen molar-refractivity contribution in [3.63, 3.8) is 0 Å². The normalized spacial score (nSPS) is 12.8. The highest BCUT2D eigenvalue weighted by Gasteiger charge is 2.19. The second-order valence-corrected chi connectivity index (χ2v) is 22.0. The van der Waals surface area contributed by atoms with Crippen molar-refractivity contribution in [3.05, 3.63) is 109 Å². The monoisotopic (exact) mass is 1100 g/mol. The zero-order valence-corrected chi connectivity index (χ0v) is 51.9. The lowest BCUT2D eigenvalue weighted by molar-refractivity contribution is -0.167. The Labute approximate surface area is 489 Å². The van der Waals surface area contributed by atoms with Crippen LogP contribution in [0.15, 0.2) is 109 Å². The van der Waals surface area contributed by atoms with Gasteiger partial charge < -0.3 is 14.2 Å². The third-order valence-electron chi connectivity index (χ3n) is 14.3. The summed E-state index contributed by atoms with van der Waals surface area (Å²) in [6.07, 6.45) is 91.5. The molecule has 79 heavy (non-hydrogen) atoms. The van der Waals surface area contributed by atoms with Crippen LogP contribution in [0.4, 0.5) is 0 Å². The van der Waals surface area contributed by atoms with Gasteiger partial charge in [-0.15, -0.1) is 0 Å². The van der Waals surface area contributed by atoms with E-state index in [1.165, 1.54) is 148 Å². The Bertz CT molecular complexity index is 1590. The Hall–Kier alpha value is -3.93. The molecule has 1 unspecified atom stereocenters. The number of allylic oxidation sites excluding steroid dienone is 18. The van der Waals surface area contributed by atoms with Gasteiger partial charge in [0.05, 0.1) is 0 Å². The SMILES string of the molecule is CC/C=C\C/C=C\C/C=C\C/C=C\C/C=C\C/C=C\C/C=C\C/C=C\CCCCCCCCC(=O)OCC(COC(=O)CCCCCCC)OC(=O)CCCCCCCCCCCCCCC/C=C\CCCCCCCCCC. The van der Waals surface area contributed by atoms with Crippen LogP contribution in [0.5, 0.6) is 0 Å². The Morgan fingerprint density at radius 1 is 0.266 bits per heavy atom. The van der Waals surface area contributed by atoms with Crippen LogP contribution < -0.4 is 0 Å². The third-order valence-corrected chi connectivity index (χ3v) is 14.3. The van der Waals surface area contributed by atoms with Crippen LogP contribution in [0.3, 0.4) is 0 Å². The number of hydrogen-bond acceptors (Lipinski definition) is 6. The van der Waals surface area contributed by atoms with E-state index in [1.807, 2.05) is 0 Å². The maximum absolute atomic E-state index is 12.8. The first kappa shape index (κ1) is 75.1. The lowest BCUT2D eigenvalue weighted by atomic mass is 10.0.